The number of nitrogens with one attached hydrogen (secondary N) is 1. The summed E-state index contributed by atoms with van der Waals surface area (Å²) in [4.78, 5) is 0. The third-order valence-corrected chi connectivity index (χ3v) is 2.85. The highest BCUT2D eigenvalue weighted by Crippen LogP contribution is 2.00. The zero-order chi connectivity index (χ0) is 10.4. The van der Waals surface area contributed by atoms with Crippen molar-refractivity contribution in [3.8, 4) is 0 Å². The summed E-state index contributed by atoms with van der Waals surface area (Å²) in [5, 5.41) is 3.26. The summed E-state index contributed by atoms with van der Waals surface area (Å²) in [6.45, 7) is 4.82. The summed E-state index contributed by atoms with van der Waals surface area (Å²) in [5.74, 6) is 0.731. The Bertz CT molecular complexity index is 296. The van der Waals surface area contributed by atoms with E-state index in [0.29, 0.717) is 0 Å². The van der Waals surface area contributed by atoms with Crippen molar-refractivity contribution in [2.75, 3.05) is 18.6 Å². The van der Waals surface area contributed by atoms with E-state index in [2.05, 4.69) is 35.3 Å². The molecule has 0 aliphatic carbocycles. The number of aryl methyl sites for hydroxylation is 1. The molecule has 4 heteroatoms. The van der Waals surface area contributed by atoms with Crippen LogP contribution in [0.4, 0.5) is 0 Å². The Morgan fingerprint density at radius 3 is 2.93 bits per heavy atom. The molecule has 1 unspecified atom stereocenters. The third kappa shape index (κ3) is 4.07. The average molecular weight is 214 g/mol. The molecule has 1 rings (SSSR count). The van der Waals surface area contributed by atoms with E-state index in [1.165, 1.54) is 5.56 Å². The normalized spacial score (nSPS) is 13.0. The van der Waals surface area contributed by atoms with Gasteiger partial charge in [-0.15, -0.1) is 0 Å². The Hall–Kier alpha value is -0.610. The predicted molar refractivity (Wildman–Crippen MR) is 60.7 cm³/mol. The van der Waals surface area contributed by atoms with Crippen LogP contribution < -0.4 is 5.32 Å². The van der Waals surface area contributed by atoms with E-state index in [4.69, 9.17) is 0 Å². The number of aromatic nitrogens is 1. The molecule has 0 aliphatic heterocycles. The van der Waals surface area contributed by atoms with Crippen molar-refractivity contribution in [3.63, 3.8) is 0 Å². The van der Waals surface area contributed by atoms with Crippen LogP contribution in [0.3, 0.4) is 0 Å². The molecule has 1 aromatic heterocycles. The van der Waals surface area contributed by atoms with E-state index in [1.54, 1.807) is 6.26 Å². The Kier molecular flexibility index (Phi) is 4.90. The second-order valence-corrected chi connectivity index (χ2v) is 4.86. The minimum Gasteiger partial charge on any atom is -0.354 e. The summed E-state index contributed by atoms with van der Waals surface area (Å²) in [7, 11) is -0.688. The molecule has 14 heavy (non-hydrogen) atoms. The Labute approximate surface area is 88.0 Å². The minimum absolute atomic E-state index is 0.688. The Balaban J connectivity index is 2.21. The fourth-order valence-electron chi connectivity index (χ4n) is 1.24. The summed E-state index contributed by atoms with van der Waals surface area (Å²) < 4.78 is 12.9. The largest absolute Gasteiger partial charge is 0.354 e. The van der Waals surface area contributed by atoms with Crippen LogP contribution in [-0.2, 0) is 23.9 Å². The van der Waals surface area contributed by atoms with E-state index < -0.39 is 10.8 Å². The van der Waals surface area contributed by atoms with Crippen molar-refractivity contribution in [1.29, 1.82) is 0 Å². The molecule has 1 atom stereocenters. The molecule has 0 bridgehead atoms. The maximum Gasteiger partial charge on any atom is 0.0357 e. The summed E-state index contributed by atoms with van der Waals surface area (Å²) in [6, 6.07) is 2.11. The molecule has 1 heterocycles. The predicted octanol–water partition coefficient (Wildman–Crippen LogP) is 0.976. The van der Waals surface area contributed by atoms with Crippen LogP contribution in [0.2, 0.25) is 0 Å². The molecular weight excluding hydrogens is 196 g/mol. The van der Waals surface area contributed by atoms with Crippen molar-refractivity contribution in [2.45, 2.75) is 20.0 Å². The summed E-state index contributed by atoms with van der Waals surface area (Å²) in [5.41, 5.74) is 1.29. The lowest BCUT2D eigenvalue weighted by molar-refractivity contribution is 0.676. The number of hydrogen-bond acceptors (Lipinski definition) is 2. The maximum absolute atomic E-state index is 10.8. The van der Waals surface area contributed by atoms with Gasteiger partial charge >= 0.3 is 0 Å². The van der Waals surface area contributed by atoms with Gasteiger partial charge in [-0.05, 0) is 18.6 Å². The van der Waals surface area contributed by atoms with Crippen molar-refractivity contribution in [1.82, 2.24) is 9.88 Å². The van der Waals surface area contributed by atoms with Gasteiger partial charge in [0, 0.05) is 54.8 Å². The standard InChI is InChI=1S/C10H18N2OS/c1-3-12-6-4-10(9-12)8-11-5-7-14(2)13/h4,6,9,11H,3,5,7-8H2,1-2H3. The minimum atomic E-state index is -0.688. The highest BCUT2D eigenvalue weighted by Gasteiger charge is 1.95. The first kappa shape index (κ1) is 11.5. The van der Waals surface area contributed by atoms with Crippen LogP contribution >= 0.6 is 0 Å². The third-order valence-electron chi connectivity index (χ3n) is 2.07. The molecule has 0 amide bonds. The summed E-state index contributed by atoms with van der Waals surface area (Å²) >= 11 is 0. The van der Waals surface area contributed by atoms with Crippen LogP contribution in [0.25, 0.3) is 0 Å². The molecule has 0 fully saturated rings. The fourth-order valence-corrected chi connectivity index (χ4v) is 1.67. The lowest BCUT2D eigenvalue weighted by atomic mass is 10.3. The molecule has 0 saturated heterocycles. The SMILES string of the molecule is CCn1ccc(CNCCS(C)=O)c1. The average Bonchev–Trinajstić information content (AvgIpc) is 2.60. The lowest BCUT2D eigenvalue weighted by Gasteiger charge is -2.01. The van der Waals surface area contributed by atoms with Gasteiger partial charge in [0.1, 0.15) is 0 Å². The van der Waals surface area contributed by atoms with E-state index in [1.807, 2.05) is 0 Å². The number of rotatable bonds is 6. The van der Waals surface area contributed by atoms with Gasteiger partial charge in [0.2, 0.25) is 0 Å². The highest BCUT2D eigenvalue weighted by atomic mass is 32.2. The van der Waals surface area contributed by atoms with Crippen LogP contribution in [0, 0.1) is 0 Å². The molecule has 3 nitrogen and oxygen atoms in total. The monoisotopic (exact) mass is 214 g/mol. The molecule has 0 spiro atoms. The van der Waals surface area contributed by atoms with Gasteiger partial charge in [0.05, 0.1) is 0 Å². The molecular formula is C10H18N2OS. The van der Waals surface area contributed by atoms with Gasteiger partial charge in [-0.2, -0.15) is 0 Å². The zero-order valence-corrected chi connectivity index (χ0v) is 9.64. The molecule has 1 aromatic rings. The number of nitrogens with zero attached hydrogens (tertiary/aromatic N) is 1. The Morgan fingerprint density at radius 1 is 1.57 bits per heavy atom. The van der Waals surface area contributed by atoms with Crippen LogP contribution in [0.15, 0.2) is 18.5 Å². The van der Waals surface area contributed by atoms with Crippen LogP contribution in [0.5, 0.6) is 0 Å². The van der Waals surface area contributed by atoms with Crippen molar-refractivity contribution < 1.29 is 4.21 Å². The molecule has 80 valence electrons. The second-order valence-electron chi connectivity index (χ2n) is 3.30. The van der Waals surface area contributed by atoms with Gasteiger partial charge in [-0.25, -0.2) is 0 Å². The van der Waals surface area contributed by atoms with Crippen molar-refractivity contribution in [3.05, 3.63) is 24.0 Å². The second kappa shape index (κ2) is 5.98. The van der Waals surface area contributed by atoms with Gasteiger partial charge < -0.3 is 9.88 Å². The quantitative estimate of drug-likeness (QED) is 0.716. The zero-order valence-electron chi connectivity index (χ0n) is 8.82. The highest BCUT2D eigenvalue weighted by molar-refractivity contribution is 7.84. The smallest absolute Gasteiger partial charge is 0.0357 e. The molecule has 0 aromatic carbocycles. The Morgan fingerprint density at radius 2 is 2.36 bits per heavy atom. The first-order chi connectivity index (χ1) is 6.72. The van der Waals surface area contributed by atoms with E-state index in [0.717, 1.165) is 25.4 Å². The summed E-state index contributed by atoms with van der Waals surface area (Å²) in [6.07, 6.45) is 5.94. The van der Waals surface area contributed by atoms with Gasteiger partial charge in [0.15, 0.2) is 0 Å². The fraction of sp³-hybridized carbons (Fsp3) is 0.600. The van der Waals surface area contributed by atoms with Gasteiger partial charge in [-0.1, -0.05) is 0 Å². The van der Waals surface area contributed by atoms with Crippen molar-refractivity contribution >= 4 is 10.8 Å². The van der Waals surface area contributed by atoms with Crippen LogP contribution in [0.1, 0.15) is 12.5 Å². The maximum atomic E-state index is 10.8. The van der Waals surface area contributed by atoms with Gasteiger partial charge in [-0.3, -0.25) is 4.21 Å². The lowest BCUT2D eigenvalue weighted by Crippen LogP contribution is -2.19. The molecule has 0 radical (unpaired) electrons. The molecule has 1 N–H and O–H groups in total. The van der Waals surface area contributed by atoms with E-state index >= 15 is 0 Å². The van der Waals surface area contributed by atoms with Gasteiger partial charge in [0.25, 0.3) is 0 Å². The molecule has 0 aliphatic rings. The molecule has 0 saturated carbocycles. The van der Waals surface area contributed by atoms with Crippen molar-refractivity contribution in [2.24, 2.45) is 0 Å². The first-order valence-corrected chi connectivity index (χ1v) is 6.60. The van der Waals surface area contributed by atoms with Crippen LogP contribution in [-0.4, -0.2) is 27.3 Å². The van der Waals surface area contributed by atoms with E-state index in [-0.39, 0.29) is 0 Å². The first-order valence-electron chi connectivity index (χ1n) is 4.87. The number of hydrogen-bond donors (Lipinski definition) is 1. The topological polar surface area (TPSA) is 34.0 Å². The van der Waals surface area contributed by atoms with E-state index in [9.17, 15) is 4.21 Å².